The van der Waals surface area contributed by atoms with Gasteiger partial charge in [0.2, 0.25) is 10.0 Å². The number of methoxy groups -OCH3 is 1. The summed E-state index contributed by atoms with van der Waals surface area (Å²) in [6.45, 7) is 3.26. The molecule has 1 unspecified atom stereocenters. The molecule has 124 valence electrons. The van der Waals surface area contributed by atoms with Crippen molar-refractivity contribution in [1.82, 2.24) is 13.9 Å². The van der Waals surface area contributed by atoms with Crippen LogP contribution in [0.4, 0.5) is 0 Å². The first-order chi connectivity index (χ1) is 10.0. The number of hydrogen-bond donors (Lipinski definition) is 1. The zero-order chi connectivity index (χ0) is 17.2. The molecule has 1 rings (SSSR count). The normalized spacial score (nSPS) is 13.2. The van der Waals surface area contributed by atoms with Gasteiger partial charge >= 0.3 is 11.7 Å². The molecule has 0 aliphatic carbocycles. The SMILES string of the molecule is COC(=O)C(NS(=O)(=O)c1cn(C)c(=O)n(C)c1=O)C(C)C. The molecule has 0 aromatic carbocycles. The van der Waals surface area contributed by atoms with Crippen LogP contribution < -0.4 is 16.0 Å². The van der Waals surface area contributed by atoms with Gasteiger partial charge in [0.25, 0.3) is 5.56 Å². The number of hydrogen-bond acceptors (Lipinski definition) is 6. The first-order valence-electron chi connectivity index (χ1n) is 6.39. The van der Waals surface area contributed by atoms with E-state index in [2.05, 4.69) is 9.46 Å². The molecule has 1 atom stereocenters. The van der Waals surface area contributed by atoms with Crippen molar-refractivity contribution in [2.45, 2.75) is 24.8 Å². The summed E-state index contributed by atoms with van der Waals surface area (Å²) in [5.74, 6) is -1.15. The lowest BCUT2D eigenvalue weighted by Crippen LogP contribution is -2.48. The smallest absolute Gasteiger partial charge is 0.330 e. The predicted molar refractivity (Wildman–Crippen MR) is 77.9 cm³/mol. The largest absolute Gasteiger partial charge is 0.468 e. The van der Waals surface area contributed by atoms with Crippen LogP contribution in [0, 0.1) is 5.92 Å². The van der Waals surface area contributed by atoms with Crippen LogP contribution in [0.25, 0.3) is 0 Å². The summed E-state index contributed by atoms with van der Waals surface area (Å²) in [6.07, 6.45) is 0.918. The second-order valence-electron chi connectivity index (χ2n) is 5.12. The predicted octanol–water partition coefficient (Wildman–Crippen LogP) is -1.44. The highest BCUT2D eigenvalue weighted by Gasteiger charge is 2.31. The lowest BCUT2D eigenvalue weighted by atomic mass is 10.1. The molecule has 0 aliphatic heterocycles. The Hall–Kier alpha value is -1.94. The molecule has 0 saturated carbocycles. The number of carbonyl (C=O) groups is 1. The van der Waals surface area contributed by atoms with E-state index >= 15 is 0 Å². The Morgan fingerprint density at radius 2 is 1.82 bits per heavy atom. The highest BCUT2D eigenvalue weighted by molar-refractivity contribution is 7.89. The fourth-order valence-corrected chi connectivity index (χ4v) is 3.27. The average molecular weight is 333 g/mol. The van der Waals surface area contributed by atoms with Crippen LogP contribution in [0.5, 0.6) is 0 Å². The van der Waals surface area contributed by atoms with Crippen LogP contribution >= 0.6 is 0 Å². The number of nitrogens with zero attached hydrogens (tertiary/aromatic N) is 2. The van der Waals surface area contributed by atoms with Gasteiger partial charge in [-0.15, -0.1) is 0 Å². The molecule has 0 spiro atoms. The van der Waals surface area contributed by atoms with Crippen LogP contribution in [0.15, 0.2) is 20.7 Å². The summed E-state index contributed by atoms with van der Waals surface area (Å²) in [5.41, 5.74) is -1.62. The van der Waals surface area contributed by atoms with Crippen molar-refractivity contribution in [2.24, 2.45) is 20.0 Å². The van der Waals surface area contributed by atoms with Gasteiger partial charge in [0.15, 0.2) is 4.90 Å². The summed E-state index contributed by atoms with van der Waals surface area (Å²) in [7, 11) is -0.669. The molecule has 0 radical (unpaired) electrons. The van der Waals surface area contributed by atoms with Crippen molar-refractivity contribution in [3.8, 4) is 0 Å². The van der Waals surface area contributed by atoms with Gasteiger partial charge in [0.05, 0.1) is 7.11 Å². The quantitative estimate of drug-likeness (QED) is 0.660. The topological polar surface area (TPSA) is 116 Å². The van der Waals surface area contributed by atoms with Crippen molar-refractivity contribution < 1.29 is 17.9 Å². The van der Waals surface area contributed by atoms with Crippen molar-refractivity contribution in [3.63, 3.8) is 0 Å². The Balaban J connectivity index is 3.40. The van der Waals surface area contributed by atoms with Crippen LogP contribution in [-0.4, -0.2) is 36.7 Å². The maximum Gasteiger partial charge on any atom is 0.330 e. The van der Waals surface area contributed by atoms with Crippen molar-refractivity contribution in [3.05, 3.63) is 27.0 Å². The summed E-state index contributed by atoms with van der Waals surface area (Å²) in [4.78, 5) is 34.6. The molecule has 10 heteroatoms. The number of ether oxygens (including phenoxy) is 1. The van der Waals surface area contributed by atoms with E-state index in [0.29, 0.717) is 4.57 Å². The highest BCUT2D eigenvalue weighted by atomic mass is 32.2. The Morgan fingerprint density at radius 1 is 1.27 bits per heavy atom. The maximum absolute atomic E-state index is 12.4. The van der Waals surface area contributed by atoms with E-state index in [1.807, 2.05) is 0 Å². The molecule has 1 aromatic heterocycles. The van der Waals surface area contributed by atoms with E-state index in [9.17, 15) is 22.8 Å². The number of nitrogens with one attached hydrogen (secondary N) is 1. The second-order valence-corrected chi connectivity index (χ2v) is 6.80. The highest BCUT2D eigenvalue weighted by Crippen LogP contribution is 2.09. The molecule has 22 heavy (non-hydrogen) atoms. The van der Waals surface area contributed by atoms with Gasteiger partial charge in [-0.3, -0.25) is 14.2 Å². The monoisotopic (exact) mass is 333 g/mol. The van der Waals surface area contributed by atoms with E-state index in [0.717, 1.165) is 17.9 Å². The Bertz CT molecular complexity index is 790. The fourth-order valence-electron chi connectivity index (χ4n) is 1.77. The molecule has 0 amide bonds. The minimum atomic E-state index is -4.30. The molecule has 0 bridgehead atoms. The van der Waals surface area contributed by atoms with E-state index in [1.165, 1.54) is 14.1 Å². The Morgan fingerprint density at radius 3 is 2.27 bits per heavy atom. The zero-order valence-electron chi connectivity index (χ0n) is 13.0. The van der Waals surface area contributed by atoms with Crippen molar-refractivity contribution in [2.75, 3.05) is 7.11 Å². The van der Waals surface area contributed by atoms with E-state index in [4.69, 9.17) is 0 Å². The standard InChI is InChI=1S/C12H19N3O6S/c1-7(2)9(11(17)21-5)13-22(19,20)8-6-14(3)12(18)15(4)10(8)16/h6-7,9,13H,1-5H3. The molecule has 1 N–H and O–H groups in total. The molecular weight excluding hydrogens is 314 g/mol. The minimum absolute atomic E-state index is 0.390. The van der Waals surface area contributed by atoms with Crippen molar-refractivity contribution in [1.29, 1.82) is 0 Å². The maximum atomic E-state index is 12.4. The number of aromatic nitrogens is 2. The van der Waals surface area contributed by atoms with Gasteiger partial charge in [-0.05, 0) is 5.92 Å². The zero-order valence-corrected chi connectivity index (χ0v) is 13.8. The van der Waals surface area contributed by atoms with Crippen LogP contribution in [0.1, 0.15) is 13.8 Å². The number of rotatable bonds is 5. The first kappa shape index (κ1) is 18.1. The summed E-state index contributed by atoms with van der Waals surface area (Å²) in [5, 5.41) is 0. The molecule has 9 nitrogen and oxygen atoms in total. The molecule has 0 fully saturated rings. The van der Waals surface area contributed by atoms with Gasteiger partial charge in [0, 0.05) is 20.3 Å². The molecule has 0 aliphatic rings. The molecule has 1 heterocycles. The van der Waals surface area contributed by atoms with Crippen LogP contribution in [0.3, 0.4) is 0 Å². The Kier molecular flexibility index (Phi) is 5.30. The van der Waals surface area contributed by atoms with Gasteiger partial charge in [-0.1, -0.05) is 13.8 Å². The third kappa shape index (κ3) is 3.45. The van der Waals surface area contributed by atoms with Crippen molar-refractivity contribution >= 4 is 16.0 Å². The summed E-state index contributed by atoms with van der Waals surface area (Å²) in [6, 6.07) is -1.14. The lowest BCUT2D eigenvalue weighted by Gasteiger charge is -2.19. The first-order valence-corrected chi connectivity index (χ1v) is 7.88. The lowest BCUT2D eigenvalue weighted by molar-refractivity contribution is -0.143. The van der Waals surface area contributed by atoms with Gasteiger partial charge in [-0.2, -0.15) is 4.72 Å². The Labute approximate surface area is 127 Å². The summed E-state index contributed by atoms with van der Waals surface area (Å²) < 4.78 is 33.1. The second kappa shape index (κ2) is 6.44. The minimum Gasteiger partial charge on any atom is -0.468 e. The van der Waals surface area contributed by atoms with E-state index in [1.54, 1.807) is 13.8 Å². The molecule has 1 aromatic rings. The molecule has 0 saturated heterocycles. The number of aryl methyl sites for hydroxylation is 1. The number of esters is 1. The van der Waals surface area contributed by atoms with E-state index in [-0.39, 0.29) is 0 Å². The van der Waals surface area contributed by atoms with Crippen LogP contribution in [0.2, 0.25) is 0 Å². The van der Waals surface area contributed by atoms with Gasteiger partial charge in [-0.25, -0.2) is 13.2 Å². The van der Waals surface area contributed by atoms with Crippen LogP contribution in [-0.2, 0) is 33.7 Å². The van der Waals surface area contributed by atoms with E-state index < -0.39 is 44.1 Å². The summed E-state index contributed by atoms with van der Waals surface area (Å²) >= 11 is 0. The third-order valence-corrected chi connectivity index (χ3v) is 4.53. The van der Waals surface area contributed by atoms with Gasteiger partial charge in [0.1, 0.15) is 6.04 Å². The molecular formula is C12H19N3O6S. The number of carbonyl (C=O) groups excluding carboxylic acids is 1. The number of sulfonamides is 1. The fraction of sp³-hybridized carbons (Fsp3) is 0.583. The van der Waals surface area contributed by atoms with Gasteiger partial charge < -0.3 is 9.30 Å². The third-order valence-electron chi connectivity index (χ3n) is 3.11. The average Bonchev–Trinajstić information content (AvgIpc) is 2.45.